The van der Waals surface area contributed by atoms with E-state index in [1.165, 1.54) is 30.5 Å². The lowest BCUT2D eigenvalue weighted by molar-refractivity contribution is -0.139. The zero-order chi connectivity index (χ0) is 24.4. The third-order valence-corrected chi connectivity index (χ3v) is 4.66. The SMILES string of the molecule is CCCCCOc1ccc(NC(=S)NC(=O)c2ccc(CCC(=O)O)nc2)cc1C(F)(F)F. The Hall–Kier alpha value is -3.21. The lowest BCUT2D eigenvalue weighted by Gasteiger charge is -2.16. The number of alkyl halides is 3. The summed E-state index contributed by atoms with van der Waals surface area (Å²) in [6, 6.07) is 6.42. The minimum atomic E-state index is -4.63. The number of aliphatic carboxylic acids is 1. The van der Waals surface area contributed by atoms with Crippen LogP contribution in [-0.2, 0) is 17.4 Å². The predicted octanol–water partition coefficient (Wildman–Crippen LogP) is 4.81. The van der Waals surface area contributed by atoms with Crippen LogP contribution in [0.4, 0.5) is 18.9 Å². The maximum atomic E-state index is 13.5. The van der Waals surface area contributed by atoms with Gasteiger partial charge >= 0.3 is 12.1 Å². The first-order valence-corrected chi connectivity index (χ1v) is 10.6. The van der Waals surface area contributed by atoms with Gasteiger partial charge in [-0.2, -0.15) is 13.2 Å². The van der Waals surface area contributed by atoms with E-state index < -0.39 is 23.6 Å². The van der Waals surface area contributed by atoms with Gasteiger partial charge in [0.1, 0.15) is 5.75 Å². The maximum Gasteiger partial charge on any atom is 0.420 e. The number of nitrogens with zero attached hydrogens (tertiary/aromatic N) is 1. The fraction of sp³-hybridized carbons (Fsp3) is 0.364. The Bertz CT molecular complexity index is 982. The summed E-state index contributed by atoms with van der Waals surface area (Å²) >= 11 is 5.04. The van der Waals surface area contributed by atoms with Gasteiger partial charge in [0.2, 0.25) is 0 Å². The van der Waals surface area contributed by atoms with Crippen molar-refractivity contribution < 1.29 is 32.6 Å². The number of carboxylic acids is 1. The number of halogens is 3. The first-order valence-electron chi connectivity index (χ1n) is 10.2. The molecule has 1 aromatic carbocycles. The molecular weight excluding hydrogens is 459 g/mol. The molecule has 0 saturated carbocycles. The van der Waals surface area contributed by atoms with Gasteiger partial charge < -0.3 is 15.2 Å². The van der Waals surface area contributed by atoms with Crippen molar-refractivity contribution in [1.29, 1.82) is 0 Å². The molecule has 1 aromatic heterocycles. The Morgan fingerprint density at radius 3 is 2.55 bits per heavy atom. The van der Waals surface area contributed by atoms with E-state index in [9.17, 15) is 22.8 Å². The van der Waals surface area contributed by atoms with Crippen LogP contribution in [0.25, 0.3) is 0 Å². The van der Waals surface area contributed by atoms with E-state index in [-0.39, 0.29) is 41.6 Å². The molecule has 0 radical (unpaired) electrons. The number of amides is 1. The predicted molar refractivity (Wildman–Crippen MR) is 120 cm³/mol. The number of benzene rings is 1. The van der Waals surface area contributed by atoms with Crippen molar-refractivity contribution in [3.05, 3.63) is 53.3 Å². The van der Waals surface area contributed by atoms with Gasteiger partial charge in [-0.25, -0.2) is 0 Å². The fourth-order valence-electron chi connectivity index (χ4n) is 2.77. The number of carbonyl (C=O) groups excluding carboxylic acids is 1. The summed E-state index contributed by atoms with van der Waals surface area (Å²) in [4.78, 5) is 26.9. The van der Waals surface area contributed by atoms with E-state index in [1.54, 1.807) is 0 Å². The number of unbranched alkanes of at least 4 members (excludes halogenated alkanes) is 2. The number of aryl methyl sites for hydroxylation is 1. The Labute approximate surface area is 194 Å². The number of hydrogen-bond acceptors (Lipinski definition) is 5. The van der Waals surface area contributed by atoms with Crippen molar-refractivity contribution in [2.24, 2.45) is 0 Å². The maximum absolute atomic E-state index is 13.5. The van der Waals surface area contributed by atoms with Crippen LogP contribution >= 0.6 is 12.2 Å². The highest BCUT2D eigenvalue weighted by molar-refractivity contribution is 7.80. The molecule has 2 aromatic rings. The molecule has 0 spiro atoms. The Morgan fingerprint density at radius 1 is 1.18 bits per heavy atom. The summed E-state index contributed by atoms with van der Waals surface area (Å²) in [6.45, 7) is 2.17. The van der Waals surface area contributed by atoms with E-state index in [0.29, 0.717) is 12.1 Å². The zero-order valence-electron chi connectivity index (χ0n) is 17.9. The molecule has 0 unspecified atom stereocenters. The van der Waals surface area contributed by atoms with Gasteiger partial charge in [0.15, 0.2) is 5.11 Å². The second-order valence-corrected chi connectivity index (χ2v) is 7.51. The Kier molecular flexibility index (Phi) is 9.58. The smallest absolute Gasteiger partial charge is 0.420 e. The van der Waals surface area contributed by atoms with Gasteiger partial charge in [0, 0.05) is 24.0 Å². The number of carboxylic acid groups (broad SMARTS) is 1. The molecule has 2 rings (SSSR count). The molecule has 0 bridgehead atoms. The second kappa shape index (κ2) is 12.1. The Morgan fingerprint density at radius 2 is 1.94 bits per heavy atom. The molecule has 7 nitrogen and oxygen atoms in total. The number of carbonyl (C=O) groups is 2. The average Bonchev–Trinajstić information content (AvgIpc) is 2.75. The molecular formula is C22H24F3N3O4S. The lowest BCUT2D eigenvalue weighted by atomic mass is 10.1. The summed E-state index contributed by atoms with van der Waals surface area (Å²) < 4.78 is 45.7. The number of anilines is 1. The third kappa shape index (κ3) is 8.68. The molecule has 0 aliphatic carbocycles. The molecule has 0 atom stereocenters. The highest BCUT2D eigenvalue weighted by atomic mass is 32.1. The highest BCUT2D eigenvalue weighted by Crippen LogP contribution is 2.38. The number of nitrogens with one attached hydrogen (secondary N) is 2. The van der Waals surface area contributed by atoms with E-state index in [1.807, 2.05) is 6.92 Å². The monoisotopic (exact) mass is 483 g/mol. The summed E-state index contributed by atoms with van der Waals surface area (Å²) in [5.41, 5.74) is -0.244. The number of pyridine rings is 1. The van der Waals surface area contributed by atoms with Crippen LogP contribution in [0.5, 0.6) is 5.75 Å². The first kappa shape index (κ1) is 26.0. The van der Waals surface area contributed by atoms with Crippen LogP contribution in [0.3, 0.4) is 0 Å². The Balaban J connectivity index is 2.01. The normalized spacial score (nSPS) is 11.0. The molecule has 33 heavy (non-hydrogen) atoms. The van der Waals surface area contributed by atoms with E-state index >= 15 is 0 Å². The number of ether oxygens (including phenoxy) is 1. The highest BCUT2D eigenvalue weighted by Gasteiger charge is 2.34. The third-order valence-electron chi connectivity index (χ3n) is 4.46. The second-order valence-electron chi connectivity index (χ2n) is 7.10. The molecule has 11 heteroatoms. The number of rotatable bonds is 10. The summed E-state index contributed by atoms with van der Waals surface area (Å²) in [5.74, 6) is -1.84. The quantitative estimate of drug-likeness (QED) is 0.329. The molecule has 178 valence electrons. The lowest BCUT2D eigenvalue weighted by Crippen LogP contribution is -2.34. The van der Waals surface area contributed by atoms with E-state index in [0.717, 1.165) is 18.9 Å². The van der Waals surface area contributed by atoms with Crippen LogP contribution < -0.4 is 15.4 Å². The van der Waals surface area contributed by atoms with Crippen molar-refractivity contribution in [2.75, 3.05) is 11.9 Å². The van der Waals surface area contributed by atoms with Crippen LogP contribution in [0.2, 0.25) is 0 Å². The minimum Gasteiger partial charge on any atom is -0.493 e. The summed E-state index contributed by atoms with van der Waals surface area (Å²) in [6.07, 6.45) is -0.800. The molecule has 0 aliphatic rings. The van der Waals surface area contributed by atoms with Gasteiger partial charge in [-0.15, -0.1) is 0 Å². The first-order chi connectivity index (χ1) is 15.6. The topological polar surface area (TPSA) is 101 Å². The summed E-state index contributed by atoms with van der Waals surface area (Å²) in [5, 5.41) is 13.4. The van der Waals surface area contributed by atoms with Gasteiger partial charge in [0.25, 0.3) is 5.91 Å². The van der Waals surface area contributed by atoms with Crippen molar-refractivity contribution in [3.63, 3.8) is 0 Å². The number of hydrogen-bond donors (Lipinski definition) is 3. The van der Waals surface area contributed by atoms with Gasteiger partial charge in [0.05, 0.1) is 24.2 Å². The largest absolute Gasteiger partial charge is 0.493 e. The van der Waals surface area contributed by atoms with Crippen molar-refractivity contribution in [1.82, 2.24) is 10.3 Å². The zero-order valence-corrected chi connectivity index (χ0v) is 18.7. The number of aromatic nitrogens is 1. The van der Waals surface area contributed by atoms with Crippen LogP contribution in [0.15, 0.2) is 36.5 Å². The molecule has 1 heterocycles. The molecule has 0 aliphatic heterocycles. The molecule has 3 N–H and O–H groups in total. The fourth-order valence-corrected chi connectivity index (χ4v) is 2.98. The van der Waals surface area contributed by atoms with Gasteiger partial charge in [-0.1, -0.05) is 19.8 Å². The van der Waals surface area contributed by atoms with E-state index in [4.69, 9.17) is 22.1 Å². The van der Waals surface area contributed by atoms with E-state index in [2.05, 4.69) is 15.6 Å². The van der Waals surface area contributed by atoms with Crippen LogP contribution in [0.1, 0.15) is 54.2 Å². The summed E-state index contributed by atoms with van der Waals surface area (Å²) in [7, 11) is 0. The standard InChI is InChI=1S/C22H24F3N3O4S/c1-2-3-4-11-32-18-9-7-16(12-17(18)22(23,24)25)27-21(33)28-20(31)14-5-6-15(26-13-14)8-10-19(29)30/h5-7,9,12-13H,2-4,8,10-11H2,1H3,(H,29,30)(H2,27,28,31,33). The van der Waals surface area contributed by atoms with Crippen molar-refractivity contribution in [2.45, 2.75) is 45.2 Å². The molecule has 0 fully saturated rings. The van der Waals surface area contributed by atoms with Crippen LogP contribution in [0, 0.1) is 0 Å². The minimum absolute atomic E-state index is 0.0377. The number of thiocarbonyl (C=S) groups is 1. The van der Waals surface area contributed by atoms with Gasteiger partial charge in [-0.05, 0) is 49.0 Å². The van der Waals surface area contributed by atoms with Gasteiger partial charge in [-0.3, -0.25) is 19.9 Å². The van der Waals surface area contributed by atoms with Crippen molar-refractivity contribution >= 4 is 34.9 Å². The van der Waals surface area contributed by atoms with Crippen LogP contribution in [-0.4, -0.2) is 33.7 Å². The average molecular weight is 484 g/mol. The molecule has 0 saturated heterocycles. The van der Waals surface area contributed by atoms with Crippen molar-refractivity contribution in [3.8, 4) is 5.75 Å². The molecule has 1 amide bonds.